The Morgan fingerprint density at radius 2 is 1.70 bits per heavy atom. The number of nitrogens with one attached hydrogen (secondary N) is 1. The molecule has 0 aliphatic heterocycles. The highest BCUT2D eigenvalue weighted by molar-refractivity contribution is 6.34. The minimum absolute atomic E-state index is 0. The van der Waals surface area contributed by atoms with Gasteiger partial charge in [0.25, 0.3) is 0 Å². The van der Waals surface area contributed by atoms with Gasteiger partial charge in [-0.25, -0.2) is 4.98 Å². The van der Waals surface area contributed by atoms with Gasteiger partial charge >= 0.3 is 0 Å². The Morgan fingerprint density at radius 3 is 2.30 bits per heavy atom. The molecule has 0 saturated heterocycles. The molecule has 0 saturated carbocycles. The highest BCUT2D eigenvalue weighted by Crippen LogP contribution is 2.36. The zero-order valence-corrected chi connectivity index (χ0v) is 22.0. The normalized spacial score (nSPS) is 11.1. The number of ether oxygens (including phenoxy) is 1. The monoisotopic (exact) mass is 522 g/mol. The molecular formula is C23H37Cl3N4O3. The van der Waals surface area contributed by atoms with Crippen LogP contribution in [0.1, 0.15) is 33.6 Å². The average Bonchev–Trinajstić information content (AvgIpc) is 2.72. The van der Waals surface area contributed by atoms with Crippen molar-refractivity contribution in [3.8, 4) is 5.75 Å². The summed E-state index contributed by atoms with van der Waals surface area (Å²) >= 11 is 6.26. The number of nitrogens with zero attached hydrogens (tertiary/aromatic N) is 2. The van der Waals surface area contributed by atoms with Gasteiger partial charge in [0.2, 0.25) is 0 Å². The minimum Gasteiger partial charge on any atom is -0.497 e. The Morgan fingerprint density at radius 1 is 1.06 bits per heavy atom. The molecule has 3 rings (SSSR count). The van der Waals surface area contributed by atoms with E-state index in [4.69, 9.17) is 27.1 Å². The highest BCUT2D eigenvalue weighted by atomic mass is 35.5. The lowest BCUT2D eigenvalue weighted by molar-refractivity contribution is 0.295. The van der Waals surface area contributed by atoms with Crippen molar-refractivity contribution in [3.63, 3.8) is 0 Å². The molecule has 1 heterocycles. The topological polar surface area (TPSA) is 126 Å². The summed E-state index contributed by atoms with van der Waals surface area (Å²) in [5, 5.41) is 6.24. The number of rotatable bonds is 9. The molecule has 0 bridgehead atoms. The van der Waals surface area contributed by atoms with Gasteiger partial charge in [-0.05, 0) is 69.7 Å². The minimum atomic E-state index is 0. The third kappa shape index (κ3) is 7.91. The first-order valence-electron chi connectivity index (χ1n) is 10.3. The fourth-order valence-corrected chi connectivity index (χ4v) is 3.88. The van der Waals surface area contributed by atoms with Crippen LogP contribution < -0.4 is 15.8 Å². The number of nitrogens with two attached hydrogens (primary N) is 1. The van der Waals surface area contributed by atoms with Crippen molar-refractivity contribution in [2.24, 2.45) is 0 Å². The molecule has 1 atom stereocenters. The van der Waals surface area contributed by atoms with Crippen LogP contribution >= 0.6 is 36.4 Å². The van der Waals surface area contributed by atoms with Crippen molar-refractivity contribution in [3.05, 3.63) is 35.4 Å². The van der Waals surface area contributed by atoms with Gasteiger partial charge < -0.3 is 31.6 Å². The van der Waals surface area contributed by atoms with Gasteiger partial charge in [0.15, 0.2) is 0 Å². The largest absolute Gasteiger partial charge is 0.497 e. The molecule has 0 amide bonds. The van der Waals surface area contributed by atoms with Crippen molar-refractivity contribution < 1.29 is 15.7 Å². The molecular weight excluding hydrogens is 487 g/mol. The average molecular weight is 524 g/mol. The van der Waals surface area contributed by atoms with Crippen LogP contribution in [0.25, 0.3) is 21.8 Å². The molecule has 0 spiro atoms. The number of pyridine rings is 1. The second-order valence-corrected chi connectivity index (χ2v) is 7.88. The van der Waals surface area contributed by atoms with E-state index in [1.807, 2.05) is 30.3 Å². The number of nitrogen functional groups attached to an aromatic ring is 1. The number of halogens is 3. The van der Waals surface area contributed by atoms with Gasteiger partial charge in [-0.1, -0.05) is 25.4 Å². The molecule has 0 aliphatic rings. The quantitative estimate of drug-likeness (QED) is 0.309. The van der Waals surface area contributed by atoms with Gasteiger partial charge in [-0.15, -0.1) is 24.8 Å². The summed E-state index contributed by atoms with van der Waals surface area (Å²) in [6, 6.07) is 9.99. The van der Waals surface area contributed by atoms with Gasteiger partial charge in [-0.2, -0.15) is 0 Å². The molecule has 33 heavy (non-hydrogen) atoms. The van der Waals surface area contributed by atoms with Gasteiger partial charge in [0.1, 0.15) is 5.75 Å². The number of benzene rings is 2. The lowest BCUT2D eigenvalue weighted by Gasteiger charge is -2.22. The van der Waals surface area contributed by atoms with Crippen molar-refractivity contribution in [2.75, 3.05) is 37.8 Å². The summed E-state index contributed by atoms with van der Waals surface area (Å²) < 4.78 is 5.45. The number of hydrogen-bond donors (Lipinski definition) is 2. The van der Waals surface area contributed by atoms with E-state index in [2.05, 4.69) is 31.0 Å². The number of methoxy groups -OCH3 is 1. The summed E-state index contributed by atoms with van der Waals surface area (Å²) in [5.74, 6) is 0.804. The summed E-state index contributed by atoms with van der Waals surface area (Å²) in [7, 11) is 1.68. The van der Waals surface area contributed by atoms with Crippen molar-refractivity contribution in [1.82, 2.24) is 9.88 Å². The number of hydrogen-bond acceptors (Lipinski definition) is 5. The summed E-state index contributed by atoms with van der Waals surface area (Å²) in [5.41, 5.74) is 9.43. The Labute approximate surface area is 213 Å². The Kier molecular flexibility index (Phi) is 15.4. The van der Waals surface area contributed by atoms with Crippen LogP contribution in [0.5, 0.6) is 5.75 Å². The molecule has 3 aromatic rings. The predicted molar refractivity (Wildman–Crippen MR) is 147 cm³/mol. The van der Waals surface area contributed by atoms with Crippen molar-refractivity contribution in [1.29, 1.82) is 0 Å². The van der Waals surface area contributed by atoms with Crippen LogP contribution in [0.2, 0.25) is 5.02 Å². The maximum absolute atomic E-state index is 6.26. The zero-order chi connectivity index (χ0) is 21.0. The standard InChI is InChI=1S/C23H31ClN4O.2ClH.2H2O/c1-5-28(6-2)11-7-8-15(3)26-23-17-12-16(29-4)9-10-21(17)27-22-14-19(24)20(25)13-18(22)23;;;;/h9-10,12-15H,5-8,11,25H2,1-4H3,(H,26,27);2*1H;2*1H2. The maximum atomic E-state index is 6.26. The van der Waals surface area contributed by atoms with E-state index in [9.17, 15) is 0 Å². The summed E-state index contributed by atoms with van der Waals surface area (Å²) in [6.45, 7) is 9.95. The number of fused-ring (bicyclic) bond motifs is 2. The predicted octanol–water partition coefficient (Wildman–Crippen LogP) is 4.75. The molecule has 0 fully saturated rings. The van der Waals surface area contributed by atoms with E-state index < -0.39 is 0 Å². The lowest BCUT2D eigenvalue weighted by atomic mass is 10.0. The van der Waals surface area contributed by atoms with Crippen LogP contribution in [-0.4, -0.2) is 53.6 Å². The fourth-order valence-electron chi connectivity index (χ4n) is 3.72. The van der Waals surface area contributed by atoms with E-state index in [1.165, 1.54) is 0 Å². The molecule has 1 unspecified atom stereocenters. The lowest BCUT2D eigenvalue weighted by Crippen LogP contribution is -2.25. The molecule has 0 radical (unpaired) electrons. The van der Waals surface area contributed by atoms with Crippen molar-refractivity contribution >= 4 is 69.6 Å². The Balaban J connectivity index is 0. The molecule has 0 aliphatic carbocycles. The molecule has 10 heteroatoms. The molecule has 2 aromatic carbocycles. The Bertz CT molecular complexity index is 1000. The Hall–Kier alpha value is -1.74. The maximum Gasteiger partial charge on any atom is 0.119 e. The van der Waals surface area contributed by atoms with Gasteiger partial charge in [-0.3, -0.25) is 0 Å². The second-order valence-electron chi connectivity index (χ2n) is 7.48. The van der Waals surface area contributed by atoms with Crippen LogP contribution in [-0.2, 0) is 0 Å². The second kappa shape index (κ2) is 15.2. The van der Waals surface area contributed by atoms with Crippen LogP contribution in [0.4, 0.5) is 11.4 Å². The van der Waals surface area contributed by atoms with E-state index in [0.717, 1.165) is 65.7 Å². The van der Waals surface area contributed by atoms with E-state index >= 15 is 0 Å². The number of aromatic nitrogens is 1. The molecule has 7 nitrogen and oxygen atoms in total. The molecule has 7 N–H and O–H groups in total. The van der Waals surface area contributed by atoms with E-state index in [-0.39, 0.29) is 35.8 Å². The first-order chi connectivity index (χ1) is 14.0. The smallest absolute Gasteiger partial charge is 0.119 e. The third-order valence-electron chi connectivity index (χ3n) is 5.49. The van der Waals surface area contributed by atoms with E-state index in [1.54, 1.807) is 7.11 Å². The molecule has 1 aromatic heterocycles. The first kappa shape index (κ1) is 33.4. The zero-order valence-electron chi connectivity index (χ0n) is 19.6. The summed E-state index contributed by atoms with van der Waals surface area (Å²) in [4.78, 5) is 7.24. The molecule has 188 valence electrons. The fraction of sp³-hybridized carbons (Fsp3) is 0.435. The summed E-state index contributed by atoms with van der Waals surface area (Å²) in [6.07, 6.45) is 2.23. The van der Waals surface area contributed by atoms with Crippen molar-refractivity contribution in [2.45, 2.75) is 39.7 Å². The first-order valence-corrected chi connectivity index (χ1v) is 10.7. The van der Waals surface area contributed by atoms with Crippen LogP contribution in [0, 0.1) is 0 Å². The SMILES string of the molecule is CCN(CC)CCCC(C)Nc1c2cc(OC)ccc2nc2cc(Cl)c(N)cc12.Cl.Cl.O.O. The van der Waals surface area contributed by atoms with E-state index in [0.29, 0.717) is 16.8 Å². The highest BCUT2D eigenvalue weighted by Gasteiger charge is 2.14. The van der Waals surface area contributed by atoms with Crippen LogP contribution in [0.3, 0.4) is 0 Å². The number of anilines is 2. The van der Waals surface area contributed by atoms with Crippen LogP contribution in [0.15, 0.2) is 30.3 Å². The van der Waals surface area contributed by atoms with Gasteiger partial charge in [0, 0.05) is 16.8 Å². The third-order valence-corrected chi connectivity index (χ3v) is 5.82. The van der Waals surface area contributed by atoms with Gasteiger partial charge in [0.05, 0.1) is 34.5 Å².